The molecule has 0 spiro atoms. The Morgan fingerprint density at radius 3 is 2.76 bits per heavy atom. The van der Waals surface area contributed by atoms with Crippen molar-refractivity contribution < 1.29 is 27.9 Å². The molecular weight excluding hydrogens is 553 g/mol. The quantitative estimate of drug-likeness (QED) is 0.288. The van der Waals surface area contributed by atoms with Gasteiger partial charge in [-0.3, -0.25) is 4.79 Å². The number of halogens is 2. The molecule has 0 radical (unpaired) electrons. The summed E-state index contributed by atoms with van der Waals surface area (Å²) >= 11 is 6.67. The lowest BCUT2D eigenvalue weighted by Crippen LogP contribution is -2.47. The first-order valence-electron chi connectivity index (χ1n) is 13.6. The monoisotopic (exact) mass is 581 g/mol. The van der Waals surface area contributed by atoms with Gasteiger partial charge >= 0.3 is 5.97 Å². The van der Waals surface area contributed by atoms with Gasteiger partial charge in [-0.2, -0.15) is 5.10 Å². The van der Waals surface area contributed by atoms with E-state index >= 15 is 0 Å². The van der Waals surface area contributed by atoms with Crippen molar-refractivity contribution in [1.82, 2.24) is 20.1 Å². The van der Waals surface area contributed by atoms with Crippen molar-refractivity contribution in [1.29, 1.82) is 0 Å². The van der Waals surface area contributed by atoms with E-state index in [-0.39, 0.29) is 42.3 Å². The molecule has 1 aliphatic heterocycles. The molecule has 1 fully saturated rings. The van der Waals surface area contributed by atoms with E-state index in [0.717, 1.165) is 24.3 Å². The second-order valence-corrected chi connectivity index (χ2v) is 10.6. The molecule has 2 aromatic heterocycles. The van der Waals surface area contributed by atoms with E-state index in [0.29, 0.717) is 47.0 Å². The van der Waals surface area contributed by atoms with E-state index in [1.54, 1.807) is 37.1 Å². The molecule has 0 unspecified atom stereocenters. The molecule has 214 valence electrons. The van der Waals surface area contributed by atoms with Crippen molar-refractivity contribution in [3.63, 3.8) is 0 Å². The van der Waals surface area contributed by atoms with Crippen LogP contribution in [0.25, 0.3) is 11.1 Å². The number of hydrogen-bond donors (Lipinski definition) is 1. The SMILES string of the molecule is CCOC(=O)c1nn(Cc2ccc(F)cc2)c(Cl)c1CCN[C@H]1COc2cc3oc(C4CC4)nc3cc2N(C)C1=O. The summed E-state index contributed by atoms with van der Waals surface area (Å²) < 4.78 is 32.0. The van der Waals surface area contributed by atoms with Gasteiger partial charge in [0.05, 0.1) is 18.8 Å². The highest BCUT2D eigenvalue weighted by atomic mass is 35.5. The van der Waals surface area contributed by atoms with E-state index in [4.69, 9.17) is 25.5 Å². The molecule has 3 heterocycles. The minimum absolute atomic E-state index is 0.105. The molecule has 1 amide bonds. The van der Waals surface area contributed by atoms with Crippen LogP contribution in [0.4, 0.5) is 10.1 Å². The highest BCUT2D eigenvalue weighted by Gasteiger charge is 2.32. The topological polar surface area (TPSA) is 112 Å². The summed E-state index contributed by atoms with van der Waals surface area (Å²) in [5, 5.41) is 7.91. The average molecular weight is 582 g/mol. The number of hydrogen-bond acceptors (Lipinski definition) is 8. The number of oxazole rings is 1. The van der Waals surface area contributed by atoms with E-state index in [9.17, 15) is 14.0 Å². The van der Waals surface area contributed by atoms with Gasteiger partial charge in [-0.05, 0) is 49.9 Å². The number of carbonyl (C=O) groups excluding carboxylic acids is 2. The third-order valence-electron chi connectivity index (χ3n) is 7.27. The molecule has 1 aliphatic carbocycles. The summed E-state index contributed by atoms with van der Waals surface area (Å²) in [5.41, 5.74) is 3.32. The largest absolute Gasteiger partial charge is 0.489 e. The van der Waals surface area contributed by atoms with Crippen LogP contribution < -0.4 is 15.0 Å². The minimum atomic E-state index is -0.646. The Morgan fingerprint density at radius 2 is 2.02 bits per heavy atom. The number of nitrogens with zero attached hydrogens (tertiary/aromatic N) is 4. The summed E-state index contributed by atoms with van der Waals surface area (Å²) in [5.74, 6) is 0.552. The Balaban J connectivity index is 1.16. The van der Waals surface area contributed by atoms with E-state index in [2.05, 4.69) is 15.4 Å². The number of carbonyl (C=O) groups is 2. The number of esters is 1. The van der Waals surface area contributed by atoms with E-state index in [1.165, 1.54) is 16.8 Å². The molecule has 12 heteroatoms. The lowest BCUT2D eigenvalue weighted by molar-refractivity contribution is -0.120. The molecule has 0 bridgehead atoms. The van der Waals surface area contributed by atoms with Crippen LogP contribution >= 0.6 is 11.6 Å². The zero-order chi connectivity index (χ0) is 28.7. The van der Waals surface area contributed by atoms with E-state index in [1.807, 2.05) is 6.07 Å². The fourth-order valence-corrected chi connectivity index (χ4v) is 5.17. The number of fused-ring (bicyclic) bond motifs is 2. The second kappa shape index (κ2) is 11.1. The molecule has 2 aromatic carbocycles. The Bertz CT molecular complexity index is 1610. The fourth-order valence-electron chi connectivity index (χ4n) is 4.89. The summed E-state index contributed by atoms with van der Waals surface area (Å²) in [6, 6.07) is 8.92. The average Bonchev–Trinajstić information content (AvgIpc) is 3.68. The zero-order valence-corrected chi connectivity index (χ0v) is 23.4. The lowest BCUT2D eigenvalue weighted by Gasteiger charge is -2.20. The summed E-state index contributed by atoms with van der Waals surface area (Å²) in [4.78, 5) is 32.2. The van der Waals surface area contributed by atoms with Crippen molar-refractivity contribution in [2.24, 2.45) is 0 Å². The van der Waals surface area contributed by atoms with Crippen LogP contribution in [-0.2, 0) is 22.5 Å². The van der Waals surface area contributed by atoms with Gasteiger partial charge in [-0.15, -0.1) is 0 Å². The molecule has 1 saturated carbocycles. The first-order chi connectivity index (χ1) is 19.8. The van der Waals surface area contributed by atoms with Gasteiger partial charge in [0.25, 0.3) is 0 Å². The highest BCUT2D eigenvalue weighted by molar-refractivity contribution is 6.30. The van der Waals surface area contributed by atoms with Crippen LogP contribution in [0.5, 0.6) is 5.75 Å². The molecule has 0 saturated heterocycles. The van der Waals surface area contributed by atoms with Crippen molar-refractivity contribution in [3.8, 4) is 5.75 Å². The number of benzene rings is 2. The van der Waals surface area contributed by atoms with Crippen LogP contribution in [0.3, 0.4) is 0 Å². The van der Waals surface area contributed by atoms with Gasteiger partial charge in [0.2, 0.25) is 5.91 Å². The lowest BCUT2D eigenvalue weighted by atomic mass is 10.1. The van der Waals surface area contributed by atoms with Gasteiger partial charge in [-0.25, -0.2) is 18.9 Å². The third kappa shape index (κ3) is 5.51. The van der Waals surface area contributed by atoms with Crippen molar-refractivity contribution in [3.05, 3.63) is 70.1 Å². The Labute approximate surface area is 240 Å². The molecule has 4 aromatic rings. The van der Waals surface area contributed by atoms with Crippen molar-refractivity contribution >= 4 is 40.3 Å². The number of likely N-dealkylation sites (N-methyl/N-ethyl adjacent to an activating group) is 1. The Kier molecular flexibility index (Phi) is 7.39. The molecule has 10 nitrogen and oxygen atoms in total. The maximum Gasteiger partial charge on any atom is 0.359 e. The van der Waals surface area contributed by atoms with Crippen LogP contribution in [0, 0.1) is 5.82 Å². The number of amides is 1. The van der Waals surface area contributed by atoms with Crippen LogP contribution in [0.1, 0.15) is 53.2 Å². The summed E-state index contributed by atoms with van der Waals surface area (Å²) in [6.45, 7) is 2.56. The maximum absolute atomic E-state index is 13.4. The highest BCUT2D eigenvalue weighted by Crippen LogP contribution is 2.42. The summed E-state index contributed by atoms with van der Waals surface area (Å²) in [7, 11) is 1.70. The first-order valence-corrected chi connectivity index (χ1v) is 13.9. The smallest absolute Gasteiger partial charge is 0.359 e. The standard InChI is InChI=1S/C29H29ClFN5O5/c1-3-39-29(38)25-19(26(30)36(34-25)14-16-4-8-18(31)9-5-16)10-11-32-21-15-40-24-13-23-20(12-22(24)35(2)28(21)37)33-27(41-23)17-6-7-17/h4-5,8-9,12-13,17,21,32H,3,6-7,10-11,14-15H2,1-2H3/t21-/m0/s1. The Morgan fingerprint density at radius 1 is 1.24 bits per heavy atom. The fraction of sp³-hybridized carbons (Fsp3) is 0.379. The number of nitrogens with one attached hydrogen (secondary N) is 1. The van der Waals surface area contributed by atoms with Gasteiger partial charge in [0.1, 0.15) is 34.9 Å². The van der Waals surface area contributed by atoms with E-state index < -0.39 is 12.0 Å². The van der Waals surface area contributed by atoms with Gasteiger partial charge in [0.15, 0.2) is 17.2 Å². The first kappa shape index (κ1) is 27.2. The number of aromatic nitrogens is 3. The van der Waals surface area contributed by atoms with Crippen molar-refractivity contribution in [2.45, 2.75) is 44.7 Å². The zero-order valence-electron chi connectivity index (χ0n) is 22.7. The Hall–Kier alpha value is -3.96. The molecular formula is C29H29ClFN5O5. The number of ether oxygens (including phenoxy) is 2. The molecule has 1 atom stereocenters. The molecule has 2 aliphatic rings. The third-order valence-corrected chi connectivity index (χ3v) is 7.69. The number of rotatable bonds is 9. The molecule has 1 N–H and O–H groups in total. The normalized spacial score (nSPS) is 16.9. The molecule has 6 rings (SSSR count). The van der Waals surface area contributed by atoms with Crippen LogP contribution in [0.15, 0.2) is 40.8 Å². The van der Waals surface area contributed by atoms with Crippen molar-refractivity contribution in [2.75, 3.05) is 31.7 Å². The second-order valence-electron chi connectivity index (χ2n) is 10.2. The predicted octanol–water partition coefficient (Wildman–Crippen LogP) is 4.48. The van der Waals surface area contributed by atoms with Gasteiger partial charge < -0.3 is 24.1 Å². The number of anilines is 1. The predicted molar refractivity (Wildman–Crippen MR) is 149 cm³/mol. The summed E-state index contributed by atoms with van der Waals surface area (Å²) in [6.07, 6.45) is 2.46. The molecule has 41 heavy (non-hydrogen) atoms. The van der Waals surface area contributed by atoms with Gasteiger partial charge in [-0.1, -0.05) is 23.7 Å². The minimum Gasteiger partial charge on any atom is -0.489 e. The van der Waals surface area contributed by atoms with Crippen LogP contribution in [0.2, 0.25) is 5.15 Å². The van der Waals surface area contributed by atoms with Crippen LogP contribution in [-0.4, -0.2) is 59.5 Å². The maximum atomic E-state index is 13.4. The van der Waals surface area contributed by atoms with Gasteiger partial charge in [0, 0.05) is 31.1 Å².